The van der Waals surface area contributed by atoms with E-state index in [1.54, 1.807) is 24.9 Å². The van der Waals surface area contributed by atoms with Crippen LogP contribution in [-0.4, -0.2) is 65.2 Å². The molecule has 0 aliphatic rings. The topological polar surface area (TPSA) is 182 Å². The number of hydrogen-bond donors (Lipinski definition) is 4. The molecule has 12 nitrogen and oxygen atoms in total. The van der Waals surface area contributed by atoms with Crippen LogP contribution < -0.4 is 24.8 Å². The molecule has 0 fully saturated rings. The van der Waals surface area contributed by atoms with Crippen molar-refractivity contribution in [3.8, 4) is 0 Å². The molecule has 0 bridgehead atoms. The molecular formula is C76H86Cl2Cu2N8O4. The molecule has 0 saturated carbocycles. The Morgan fingerprint density at radius 1 is 0.283 bits per heavy atom. The number of aliphatic imine (C=N–C) groups is 4. The van der Waals surface area contributed by atoms with Gasteiger partial charge in [0.25, 0.3) is 0 Å². The molecule has 5 aromatic carbocycles. The molecular weight excluding hydrogens is 1290 g/mol. The van der Waals surface area contributed by atoms with Crippen molar-refractivity contribution < 1.29 is 79.4 Å². The van der Waals surface area contributed by atoms with E-state index in [-0.39, 0.29) is 85.4 Å². The molecule has 4 aromatic heterocycles. The normalized spacial score (nSPS) is 10.9. The van der Waals surface area contributed by atoms with E-state index in [9.17, 15) is 20.4 Å². The number of aromatic nitrogens is 4. The quantitative estimate of drug-likeness (QED) is 0.0341. The first kappa shape index (κ1) is 79.1. The zero-order valence-electron chi connectivity index (χ0n) is 53.9. The second kappa shape index (κ2) is 42.1. The summed E-state index contributed by atoms with van der Waals surface area (Å²) in [5, 5.41) is 37.6. The third kappa shape index (κ3) is 23.1. The molecule has 4 N–H and O–H groups in total. The summed E-state index contributed by atoms with van der Waals surface area (Å²) >= 11 is 0. The van der Waals surface area contributed by atoms with Crippen LogP contribution in [0.2, 0.25) is 0 Å². The summed E-state index contributed by atoms with van der Waals surface area (Å²) in [6.45, 7) is 17.0. The fourth-order valence-electron chi connectivity index (χ4n) is 10.6. The Morgan fingerprint density at radius 3 is 0.609 bits per heavy atom. The molecule has 0 spiro atoms. The minimum absolute atomic E-state index is 0. The van der Waals surface area contributed by atoms with E-state index in [2.05, 4.69) is 124 Å². The van der Waals surface area contributed by atoms with E-state index >= 15 is 0 Å². The summed E-state index contributed by atoms with van der Waals surface area (Å²) in [6, 6.07) is 52.7. The Hall–Kier alpha value is -7.16. The van der Waals surface area contributed by atoms with Gasteiger partial charge in [0, 0.05) is 0 Å². The number of aliphatic hydroxyl groups excluding tert-OH is 4. The van der Waals surface area contributed by atoms with Gasteiger partial charge in [-0.25, -0.2) is 19.9 Å². The molecule has 9 rings (SSSR count). The zero-order chi connectivity index (χ0) is 62.6. The minimum Gasteiger partial charge on any atom is -1.00 e. The molecule has 4 heterocycles. The Balaban J connectivity index is 0.000000422. The number of nitrogens with zero attached hydrogens (tertiary/aromatic N) is 8. The molecule has 490 valence electrons. The van der Waals surface area contributed by atoms with Gasteiger partial charge in [0.15, 0.2) is 0 Å². The first-order chi connectivity index (χ1) is 43.0. The van der Waals surface area contributed by atoms with Crippen LogP contribution in [0.3, 0.4) is 0 Å². The van der Waals surface area contributed by atoms with Crippen molar-refractivity contribution in [2.75, 3.05) is 0 Å². The average molecular weight is 1370 g/mol. The van der Waals surface area contributed by atoms with Crippen LogP contribution in [0.4, 0.5) is 22.7 Å². The van der Waals surface area contributed by atoms with Gasteiger partial charge in [-0.3, -0.25) is 20.0 Å². The maximum atomic E-state index is 9.41. The molecule has 16 heteroatoms. The Morgan fingerprint density at radius 2 is 0.457 bits per heavy atom. The number of aliphatic hydroxyl groups is 4. The third-order valence-corrected chi connectivity index (χ3v) is 15.1. The molecule has 0 aliphatic heterocycles. The van der Waals surface area contributed by atoms with Gasteiger partial charge in [-0.2, -0.15) is 0 Å². The molecule has 92 heavy (non-hydrogen) atoms. The van der Waals surface area contributed by atoms with Gasteiger partial charge in [0.2, 0.25) is 0 Å². The van der Waals surface area contributed by atoms with Gasteiger partial charge < -0.3 is 45.2 Å². The smallest absolute Gasteiger partial charge is 1.00 e. The predicted molar refractivity (Wildman–Crippen MR) is 363 cm³/mol. The van der Waals surface area contributed by atoms with Crippen molar-refractivity contribution in [1.82, 2.24) is 19.9 Å². The van der Waals surface area contributed by atoms with Gasteiger partial charge in [-0.05, 0) is 180 Å². The number of aryl methyl sites for hydroxylation is 8. The number of hydrogen-bond acceptors (Lipinski definition) is 12. The van der Waals surface area contributed by atoms with E-state index in [1.807, 2.05) is 109 Å². The minimum atomic E-state index is -0.0840. The molecule has 0 unspecified atom stereocenters. The maximum absolute atomic E-state index is 9.41. The third-order valence-electron chi connectivity index (χ3n) is 15.1. The molecule has 0 atom stereocenters. The van der Waals surface area contributed by atoms with Crippen LogP contribution in [0.25, 0.3) is 0 Å². The van der Waals surface area contributed by atoms with Crippen LogP contribution in [0, 0.1) is 0 Å². The average Bonchev–Trinajstić information content (AvgIpc) is 0.883. The van der Waals surface area contributed by atoms with Crippen LogP contribution in [0.5, 0.6) is 0 Å². The van der Waals surface area contributed by atoms with Crippen molar-refractivity contribution >= 4 is 47.6 Å². The van der Waals surface area contributed by atoms with E-state index in [0.29, 0.717) is 22.8 Å². The molecule has 0 saturated heterocycles. The summed E-state index contributed by atoms with van der Waals surface area (Å²) in [6.07, 6.45) is 15.9. The van der Waals surface area contributed by atoms with Crippen molar-refractivity contribution in [3.63, 3.8) is 0 Å². The largest absolute Gasteiger partial charge is 1.00 e. The van der Waals surface area contributed by atoms with E-state index in [0.717, 1.165) is 110 Å². The van der Waals surface area contributed by atoms with Gasteiger partial charge in [-0.1, -0.05) is 165 Å². The molecule has 9 aromatic rings. The first-order valence-electron chi connectivity index (χ1n) is 31.0. The SMILES string of the molecule is CCc1cc(Cc2cc(CC)c(N=Cc3cccc(CO)n3)c(CC)c2)cc(CC)c1N=Cc1cccc(CO)n1.CCc1cc(Cc2cc(CC)c(N=Cc3cccc(CO)n3)c(CC)c2)cc(CC)c1N=Cc1cccc(CO)n1.[Cl-].[Cl-].[Cu+].[Cu+].c1ccccc1. The molecule has 0 aliphatic carbocycles. The van der Waals surface area contributed by atoms with Gasteiger partial charge >= 0.3 is 34.1 Å². The van der Waals surface area contributed by atoms with Crippen LogP contribution in [0.15, 0.2) is 178 Å². The van der Waals surface area contributed by atoms with Crippen LogP contribution in [-0.2, 0) is 125 Å². The second-order valence-corrected chi connectivity index (χ2v) is 21.3. The summed E-state index contributed by atoms with van der Waals surface area (Å²) in [5.41, 5.74) is 24.5. The van der Waals surface area contributed by atoms with Crippen LogP contribution >= 0.6 is 0 Å². The Bertz CT molecular complexity index is 3250. The van der Waals surface area contributed by atoms with Crippen molar-refractivity contribution in [1.29, 1.82) is 0 Å². The van der Waals surface area contributed by atoms with E-state index in [4.69, 9.17) is 20.0 Å². The van der Waals surface area contributed by atoms with Crippen molar-refractivity contribution in [2.24, 2.45) is 20.0 Å². The summed E-state index contributed by atoms with van der Waals surface area (Å²) in [7, 11) is 0. The van der Waals surface area contributed by atoms with Crippen molar-refractivity contribution in [2.45, 2.75) is 146 Å². The molecule has 0 amide bonds. The molecule has 0 radical (unpaired) electrons. The standard InChI is InChI=1S/2C35H40N4O2.C6H6.2ClH.2Cu/c2*1-5-26-16-24(17-27(6-2)34(26)36-20-30-11-9-13-32(22-40)38-30)15-25-18-28(7-3)35(29(8-4)19-25)37-21-31-12-10-14-33(23-41)39-31;1-2-4-6-5-3-1;;;;/h2*9-14,16-21,40-41H,5-8,15,22-23H2,1-4H3;1-6H;2*1H;;/q;;;;;2*+1/p-2. The Labute approximate surface area is 579 Å². The fraction of sp³-hybridized carbons (Fsp3) is 0.289. The summed E-state index contributed by atoms with van der Waals surface area (Å²) in [5.74, 6) is 0. The number of benzene rings is 5. The number of halogens is 2. The second-order valence-electron chi connectivity index (χ2n) is 21.3. The predicted octanol–water partition coefficient (Wildman–Crippen LogP) is 9.30. The summed E-state index contributed by atoms with van der Waals surface area (Å²) < 4.78 is 0. The first-order valence-corrected chi connectivity index (χ1v) is 31.0. The Kier molecular flexibility index (Phi) is 36.2. The maximum Gasteiger partial charge on any atom is 1.00 e. The zero-order valence-corrected chi connectivity index (χ0v) is 57.3. The van der Waals surface area contributed by atoms with Crippen molar-refractivity contribution in [3.05, 3.63) is 270 Å². The fourth-order valence-corrected chi connectivity index (χ4v) is 10.6. The monoisotopic (exact) mass is 1370 g/mol. The van der Waals surface area contributed by atoms with Gasteiger partial charge in [0.05, 0.1) is 120 Å². The van der Waals surface area contributed by atoms with E-state index < -0.39 is 0 Å². The summed E-state index contributed by atoms with van der Waals surface area (Å²) in [4.78, 5) is 37.2. The van der Waals surface area contributed by atoms with Crippen LogP contribution in [0.1, 0.15) is 168 Å². The number of pyridine rings is 4. The van der Waals surface area contributed by atoms with E-state index in [1.165, 1.54) is 66.8 Å². The number of rotatable bonds is 24. The van der Waals surface area contributed by atoms with Gasteiger partial charge in [0.1, 0.15) is 0 Å². The van der Waals surface area contributed by atoms with Gasteiger partial charge in [-0.15, -0.1) is 0 Å².